The number of aromatic nitrogens is 3. The first-order chi connectivity index (χ1) is 25.8. The van der Waals surface area contributed by atoms with Gasteiger partial charge in [0.05, 0.1) is 22.1 Å². The number of rotatable bonds is 4. The summed E-state index contributed by atoms with van der Waals surface area (Å²) < 4.78 is 4.66. The molecule has 0 saturated carbocycles. The third-order valence-electron chi connectivity index (χ3n) is 10.7. The van der Waals surface area contributed by atoms with E-state index in [1.165, 1.54) is 70.9 Å². The van der Waals surface area contributed by atoms with Crippen molar-refractivity contribution in [1.29, 1.82) is 0 Å². The Morgan fingerprint density at radius 2 is 0.808 bits per heavy atom. The fourth-order valence-electron chi connectivity index (χ4n) is 8.32. The summed E-state index contributed by atoms with van der Waals surface area (Å²) in [5.74, 6) is 0.940. The van der Waals surface area contributed by atoms with Crippen LogP contribution < -0.4 is 0 Å². The molecule has 52 heavy (non-hydrogen) atoms. The Bertz CT molecular complexity index is 3150. The van der Waals surface area contributed by atoms with Gasteiger partial charge in [-0.1, -0.05) is 127 Å². The summed E-state index contributed by atoms with van der Waals surface area (Å²) >= 11 is 0. The fourth-order valence-corrected chi connectivity index (χ4v) is 8.32. The monoisotopic (exact) mass is 661 g/mol. The van der Waals surface area contributed by atoms with E-state index in [4.69, 9.17) is 4.98 Å². The fraction of sp³-hybridized carbons (Fsp3) is 0. The van der Waals surface area contributed by atoms with Crippen LogP contribution in [0.15, 0.2) is 188 Å². The van der Waals surface area contributed by atoms with Crippen LogP contribution >= 0.6 is 0 Å². The normalized spacial score (nSPS) is 11.8. The predicted octanol–water partition coefficient (Wildman–Crippen LogP) is 12.9. The number of benzene rings is 9. The summed E-state index contributed by atoms with van der Waals surface area (Å²) in [5, 5.41) is 10.1. The van der Waals surface area contributed by atoms with Gasteiger partial charge >= 0.3 is 0 Å². The topological polar surface area (TPSA) is 22.8 Å². The number of hydrogen-bond donors (Lipinski definition) is 0. The Kier molecular flexibility index (Phi) is 6.25. The molecule has 11 aromatic rings. The van der Waals surface area contributed by atoms with Crippen molar-refractivity contribution < 1.29 is 0 Å². The molecule has 0 N–H and O–H groups in total. The summed E-state index contributed by atoms with van der Waals surface area (Å²) in [6.07, 6.45) is 0. The highest BCUT2D eigenvalue weighted by atomic mass is 15.1. The molecule has 3 nitrogen and oxygen atoms in total. The summed E-state index contributed by atoms with van der Waals surface area (Å²) in [6, 6.07) is 67.9. The van der Waals surface area contributed by atoms with Gasteiger partial charge in [-0.05, 0) is 104 Å². The lowest BCUT2D eigenvalue weighted by molar-refractivity contribution is 1.10. The first-order valence-electron chi connectivity index (χ1n) is 17.8. The largest absolute Gasteiger partial charge is 0.309 e. The molecule has 0 bridgehead atoms. The lowest BCUT2D eigenvalue weighted by Gasteiger charge is -2.14. The van der Waals surface area contributed by atoms with E-state index in [-0.39, 0.29) is 0 Å². The predicted molar refractivity (Wildman–Crippen MR) is 219 cm³/mol. The molecule has 9 aromatic carbocycles. The molecule has 0 spiro atoms. The molecular formula is C49H31N3. The molecule has 2 heterocycles. The van der Waals surface area contributed by atoms with Crippen molar-refractivity contribution in [3.05, 3.63) is 188 Å². The van der Waals surface area contributed by atoms with Gasteiger partial charge in [0.2, 0.25) is 0 Å². The molecular weight excluding hydrogens is 631 g/mol. The van der Waals surface area contributed by atoms with E-state index in [0.29, 0.717) is 0 Å². The molecule has 3 heteroatoms. The van der Waals surface area contributed by atoms with E-state index >= 15 is 0 Å². The van der Waals surface area contributed by atoms with Crippen molar-refractivity contribution in [2.75, 3.05) is 0 Å². The highest BCUT2D eigenvalue weighted by molar-refractivity contribution is 6.29. The second-order valence-corrected chi connectivity index (χ2v) is 13.6. The van der Waals surface area contributed by atoms with Gasteiger partial charge in [0.1, 0.15) is 5.82 Å². The van der Waals surface area contributed by atoms with Crippen LogP contribution in [0.2, 0.25) is 0 Å². The Labute approximate surface area is 300 Å². The van der Waals surface area contributed by atoms with Crippen LogP contribution in [0.5, 0.6) is 0 Å². The van der Waals surface area contributed by atoms with Crippen LogP contribution in [-0.2, 0) is 0 Å². The van der Waals surface area contributed by atoms with Gasteiger partial charge < -0.3 is 4.57 Å². The molecule has 0 fully saturated rings. The van der Waals surface area contributed by atoms with Gasteiger partial charge in [0.25, 0.3) is 0 Å². The number of para-hydroxylation sites is 5. The maximum Gasteiger partial charge on any atom is 0.145 e. The van der Waals surface area contributed by atoms with Crippen LogP contribution in [0.4, 0.5) is 0 Å². The maximum atomic E-state index is 5.09. The highest BCUT2D eigenvalue weighted by Gasteiger charge is 2.18. The molecule has 0 unspecified atom stereocenters. The number of imidazole rings is 1. The molecule has 242 valence electrons. The highest BCUT2D eigenvalue weighted by Crippen LogP contribution is 2.42. The minimum Gasteiger partial charge on any atom is -0.309 e. The zero-order chi connectivity index (χ0) is 34.2. The van der Waals surface area contributed by atoms with Crippen molar-refractivity contribution in [3.8, 4) is 33.9 Å². The van der Waals surface area contributed by atoms with Gasteiger partial charge in [-0.15, -0.1) is 0 Å². The van der Waals surface area contributed by atoms with E-state index in [2.05, 4.69) is 197 Å². The van der Waals surface area contributed by atoms with E-state index in [1.54, 1.807) is 0 Å². The Morgan fingerprint density at radius 1 is 0.288 bits per heavy atom. The maximum absolute atomic E-state index is 5.09. The number of nitrogens with zero attached hydrogens (tertiary/aromatic N) is 3. The summed E-state index contributed by atoms with van der Waals surface area (Å²) in [7, 11) is 0. The number of hydrogen-bond acceptors (Lipinski definition) is 1. The zero-order valence-electron chi connectivity index (χ0n) is 28.2. The van der Waals surface area contributed by atoms with Crippen molar-refractivity contribution in [2.24, 2.45) is 0 Å². The molecule has 0 atom stereocenters. The molecule has 2 aromatic heterocycles. The van der Waals surface area contributed by atoms with Crippen LogP contribution in [-0.4, -0.2) is 14.1 Å². The lowest BCUT2D eigenvalue weighted by Crippen LogP contribution is -1.97. The first-order valence-corrected chi connectivity index (χ1v) is 17.8. The van der Waals surface area contributed by atoms with Crippen molar-refractivity contribution >= 4 is 65.2 Å². The molecule has 0 aliphatic heterocycles. The quantitative estimate of drug-likeness (QED) is 0.172. The van der Waals surface area contributed by atoms with E-state index < -0.39 is 0 Å². The third kappa shape index (κ3) is 4.30. The van der Waals surface area contributed by atoms with Crippen LogP contribution in [0.1, 0.15) is 0 Å². The average molecular weight is 662 g/mol. The van der Waals surface area contributed by atoms with Gasteiger partial charge in [0.15, 0.2) is 0 Å². The first kappa shape index (κ1) is 28.8. The summed E-state index contributed by atoms with van der Waals surface area (Å²) in [5.41, 5.74) is 10.3. The molecule has 0 aliphatic carbocycles. The second-order valence-electron chi connectivity index (χ2n) is 13.6. The van der Waals surface area contributed by atoms with E-state index in [9.17, 15) is 0 Å². The van der Waals surface area contributed by atoms with Gasteiger partial charge in [-0.25, -0.2) is 4.98 Å². The molecule has 0 radical (unpaired) electrons. The molecule has 0 aliphatic rings. The van der Waals surface area contributed by atoms with Crippen molar-refractivity contribution in [2.45, 2.75) is 0 Å². The van der Waals surface area contributed by atoms with E-state index in [0.717, 1.165) is 28.1 Å². The second kappa shape index (κ2) is 11.3. The molecule has 0 amide bonds. The summed E-state index contributed by atoms with van der Waals surface area (Å²) in [4.78, 5) is 5.09. The van der Waals surface area contributed by atoms with Crippen LogP contribution in [0.25, 0.3) is 99.0 Å². The third-order valence-corrected chi connectivity index (χ3v) is 10.7. The summed E-state index contributed by atoms with van der Waals surface area (Å²) in [6.45, 7) is 0. The van der Waals surface area contributed by atoms with Gasteiger partial charge in [-0.2, -0.15) is 0 Å². The Hall–Kier alpha value is -6.97. The minimum atomic E-state index is 0.940. The van der Waals surface area contributed by atoms with E-state index in [1.807, 2.05) is 0 Å². The van der Waals surface area contributed by atoms with Crippen LogP contribution in [0, 0.1) is 0 Å². The number of fused-ring (bicyclic) bond motifs is 10. The Morgan fingerprint density at radius 3 is 1.54 bits per heavy atom. The van der Waals surface area contributed by atoms with Crippen molar-refractivity contribution in [1.82, 2.24) is 14.1 Å². The minimum absolute atomic E-state index is 0.940. The smallest absolute Gasteiger partial charge is 0.145 e. The Balaban J connectivity index is 1.09. The van der Waals surface area contributed by atoms with Gasteiger partial charge in [0, 0.05) is 27.7 Å². The van der Waals surface area contributed by atoms with Gasteiger partial charge in [-0.3, -0.25) is 4.57 Å². The van der Waals surface area contributed by atoms with Crippen LogP contribution in [0.3, 0.4) is 0 Å². The molecule has 0 saturated heterocycles. The molecule has 11 rings (SSSR count). The van der Waals surface area contributed by atoms with Crippen molar-refractivity contribution in [3.63, 3.8) is 0 Å². The zero-order valence-corrected chi connectivity index (χ0v) is 28.2. The lowest BCUT2D eigenvalue weighted by atomic mass is 9.91. The SMILES string of the molecule is c1ccc(-n2c(-c3ccc(-c4ccc5c(c4)c4ccccc4c4cc6c(cc54)c4ccccc4n6-c4ccccc4)cc3)nc3ccccc32)cc1. The average Bonchev–Trinajstić information content (AvgIpc) is 3.77. The standard InChI is InChI=1S/C49H31N3/c1-3-13-35(14-4-1)51-46-21-11-9-19-40(46)44-30-42-39-28-27-34(29-41(39)37-17-7-8-18-38(37)43(42)31-48(44)51)32-23-25-33(26-24-32)49-50-45-20-10-12-22-47(45)52(49)36-15-5-2-6-16-36/h1-31H.